The molecule has 0 aliphatic heterocycles. The SMILES string of the molecule is CCNc1nc(C)cc(N(CC)CC(C)(C)O)n1. The van der Waals surface area contributed by atoms with Crippen LogP contribution < -0.4 is 10.2 Å². The van der Waals surface area contributed by atoms with Gasteiger partial charge in [-0.05, 0) is 34.6 Å². The van der Waals surface area contributed by atoms with Crippen molar-refractivity contribution in [1.29, 1.82) is 0 Å². The number of hydrogen-bond acceptors (Lipinski definition) is 5. The van der Waals surface area contributed by atoms with Crippen molar-refractivity contribution in [2.24, 2.45) is 0 Å². The van der Waals surface area contributed by atoms with Crippen LogP contribution in [-0.2, 0) is 0 Å². The number of rotatable bonds is 6. The molecule has 0 bridgehead atoms. The third-order valence-electron chi connectivity index (χ3n) is 2.46. The van der Waals surface area contributed by atoms with Crippen LogP contribution in [0.15, 0.2) is 6.07 Å². The summed E-state index contributed by atoms with van der Waals surface area (Å²) in [6.07, 6.45) is 0. The lowest BCUT2D eigenvalue weighted by Gasteiger charge is -2.29. The number of aromatic nitrogens is 2. The minimum atomic E-state index is -0.743. The summed E-state index contributed by atoms with van der Waals surface area (Å²) in [4.78, 5) is 10.8. The Morgan fingerprint density at radius 1 is 1.33 bits per heavy atom. The lowest BCUT2D eigenvalue weighted by molar-refractivity contribution is 0.0874. The van der Waals surface area contributed by atoms with E-state index in [1.807, 2.05) is 19.9 Å². The lowest BCUT2D eigenvalue weighted by Crippen LogP contribution is -2.39. The Kier molecular flexibility index (Phi) is 4.90. The number of hydrogen-bond donors (Lipinski definition) is 2. The summed E-state index contributed by atoms with van der Waals surface area (Å²) in [5, 5.41) is 13.0. The first kappa shape index (κ1) is 14.7. The first-order valence-electron chi connectivity index (χ1n) is 6.42. The molecule has 0 unspecified atom stereocenters. The first-order chi connectivity index (χ1) is 8.35. The predicted molar refractivity (Wildman–Crippen MR) is 75.1 cm³/mol. The quantitative estimate of drug-likeness (QED) is 0.808. The highest BCUT2D eigenvalue weighted by Crippen LogP contribution is 2.17. The van der Waals surface area contributed by atoms with Crippen molar-refractivity contribution in [3.8, 4) is 0 Å². The maximum absolute atomic E-state index is 9.92. The fourth-order valence-corrected chi connectivity index (χ4v) is 1.77. The Morgan fingerprint density at radius 3 is 2.50 bits per heavy atom. The van der Waals surface area contributed by atoms with Gasteiger partial charge in [-0.2, -0.15) is 4.98 Å². The van der Waals surface area contributed by atoms with Crippen LogP contribution >= 0.6 is 0 Å². The fraction of sp³-hybridized carbons (Fsp3) is 0.692. The molecular formula is C13H24N4O. The van der Waals surface area contributed by atoms with Crippen molar-refractivity contribution in [3.05, 3.63) is 11.8 Å². The minimum Gasteiger partial charge on any atom is -0.389 e. The van der Waals surface area contributed by atoms with Crippen molar-refractivity contribution in [3.63, 3.8) is 0 Å². The molecule has 102 valence electrons. The molecule has 0 saturated heterocycles. The van der Waals surface area contributed by atoms with Gasteiger partial charge >= 0.3 is 0 Å². The highest BCUT2D eigenvalue weighted by atomic mass is 16.3. The lowest BCUT2D eigenvalue weighted by atomic mass is 10.1. The van der Waals surface area contributed by atoms with E-state index in [-0.39, 0.29) is 0 Å². The molecular weight excluding hydrogens is 228 g/mol. The molecule has 0 aromatic carbocycles. The second-order valence-electron chi connectivity index (χ2n) is 5.05. The molecule has 1 rings (SSSR count). The van der Waals surface area contributed by atoms with Crippen LogP contribution in [-0.4, -0.2) is 40.3 Å². The molecule has 0 spiro atoms. The first-order valence-corrected chi connectivity index (χ1v) is 6.42. The Hall–Kier alpha value is -1.36. The average Bonchev–Trinajstić information content (AvgIpc) is 2.24. The monoisotopic (exact) mass is 252 g/mol. The second kappa shape index (κ2) is 6.00. The van der Waals surface area contributed by atoms with Gasteiger partial charge in [0.2, 0.25) is 5.95 Å². The van der Waals surface area contributed by atoms with Crippen LogP contribution in [0.25, 0.3) is 0 Å². The van der Waals surface area contributed by atoms with Gasteiger partial charge in [0.15, 0.2) is 0 Å². The molecule has 1 aromatic rings. The van der Waals surface area contributed by atoms with Gasteiger partial charge in [0.1, 0.15) is 5.82 Å². The minimum absolute atomic E-state index is 0.547. The molecule has 0 aliphatic carbocycles. The molecule has 0 fully saturated rings. The zero-order valence-corrected chi connectivity index (χ0v) is 12.0. The maximum Gasteiger partial charge on any atom is 0.224 e. The molecule has 0 amide bonds. The summed E-state index contributed by atoms with van der Waals surface area (Å²) >= 11 is 0. The van der Waals surface area contributed by atoms with Crippen molar-refractivity contribution in [1.82, 2.24) is 9.97 Å². The molecule has 0 radical (unpaired) electrons. The molecule has 18 heavy (non-hydrogen) atoms. The van der Waals surface area contributed by atoms with Gasteiger partial charge in [0.05, 0.1) is 5.60 Å². The third-order valence-corrected chi connectivity index (χ3v) is 2.46. The smallest absolute Gasteiger partial charge is 0.224 e. The van der Waals surface area contributed by atoms with Gasteiger partial charge in [-0.15, -0.1) is 0 Å². The Bertz CT molecular complexity index is 387. The van der Waals surface area contributed by atoms with Crippen molar-refractivity contribution in [2.75, 3.05) is 29.9 Å². The van der Waals surface area contributed by atoms with Crippen LogP contribution in [0.3, 0.4) is 0 Å². The van der Waals surface area contributed by atoms with Crippen LogP contribution in [0.5, 0.6) is 0 Å². The number of aryl methyl sites for hydroxylation is 1. The largest absolute Gasteiger partial charge is 0.389 e. The second-order valence-corrected chi connectivity index (χ2v) is 5.05. The van der Waals surface area contributed by atoms with E-state index in [2.05, 4.69) is 27.1 Å². The number of anilines is 2. The molecule has 0 saturated carbocycles. The van der Waals surface area contributed by atoms with E-state index in [0.717, 1.165) is 24.6 Å². The van der Waals surface area contributed by atoms with Gasteiger partial charge in [-0.25, -0.2) is 4.98 Å². The summed E-state index contributed by atoms with van der Waals surface area (Å²) in [6.45, 7) is 11.8. The molecule has 0 aliphatic rings. The van der Waals surface area contributed by atoms with Gasteiger partial charge in [-0.1, -0.05) is 0 Å². The maximum atomic E-state index is 9.92. The molecule has 5 nitrogen and oxygen atoms in total. The normalized spacial score (nSPS) is 11.4. The summed E-state index contributed by atoms with van der Waals surface area (Å²) in [7, 11) is 0. The van der Waals surface area contributed by atoms with E-state index in [9.17, 15) is 5.11 Å². The Labute approximate surface area is 109 Å². The molecule has 5 heteroatoms. The van der Waals surface area contributed by atoms with Gasteiger partial charge < -0.3 is 15.3 Å². The highest BCUT2D eigenvalue weighted by molar-refractivity contribution is 5.45. The van der Waals surface area contributed by atoms with Crippen molar-refractivity contribution in [2.45, 2.75) is 40.2 Å². The summed E-state index contributed by atoms with van der Waals surface area (Å²) in [6, 6.07) is 1.94. The van der Waals surface area contributed by atoms with E-state index in [4.69, 9.17) is 0 Å². The van der Waals surface area contributed by atoms with Gasteiger partial charge in [-0.3, -0.25) is 0 Å². The zero-order chi connectivity index (χ0) is 13.8. The summed E-state index contributed by atoms with van der Waals surface area (Å²) < 4.78 is 0. The van der Waals surface area contributed by atoms with Crippen LogP contribution in [0.4, 0.5) is 11.8 Å². The molecule has 0 atom stereocenters. The van der Waals surface area contributed by atoms with Crippen LogP contribution in [0.1, 0.15) is 33.4 Å². The summed E-state index contributed by atoms with van der Waals surface area (Å²) in [5.41, 5.74) is 0.179. The predicted octanol–water partition coefficient (Wildman–Crippen LogP) is 1.81. The average molecular weight is 252 g/mol. The van der Waals surface area contributed by atoms with E-state index >= 15 is 0 Å². The molecule has 2 N–H and O–H groups in total. The van der Waals surface area contributed by atoms with Gasteiger partial charge in [0, 0.05) is 31.4 Å². The fourth-order valence-electron chi connectivity index (χ4n) is 1.77. The van der Waals surface area contributed by atoms with E-state index in [1.165, 1.54) is 0 Å². The Balaban J connectivity index is 2.98. The summed E-state index contributed by atoms with van der Waals surface area (Å²) in [5.74, 6) is 1.49. The molecule has 1 aromatic heterocycles. The number of nitrogens with zero attached hydrogens (tertiary/aromatic N) is 3. The molecule has 1 heterocycles. The van der Waals surface area contributed by atoms with Crippen LogP contribution in [0, 0.1) is 6.92 Å². The number of aliphatic hydroxyl groups is 1. The van der Waals surface area contributed by atoms with Crippen molar-refractivity contribution >= 4 is 11.8 Å². The number of nitrogens with one attached hydrogen (secondary N) is 1. The highest BCUT2D eigenvalue weighted by Gasteiger charge is 2.19. The van der Waals surface area contributed by atoms with E-state index in [0.29, 0.717) is 12.5 Å². The number of likely N-dealkylation sites (N-methyl/N-ethyl adjacent to an activating group) is 1. The van der Waals surface area contributed by atoms with Crippen molar-refractivity contribution < 1.29 is 5.11 Å². The standard InChI is InChI=1S/C13H24N4O/c1-6-14-12-15-10(3)8-11(16-12)17(7-2)9-13(4,5)18/h8,18H,6-7,9H2,1-5H3,(H,14,15,16). The van der Waals surface area contributed by atoms with E-state index in [1.54, 1.807) is 13.8 Å². The third kappa shape index (κ3) is 4.49. The Morgan fingerprint density at radius 2 is 2.00 bits per heavy atom. The van der Waals surface area contributed by atoms with Gasteiger partial charge in [0.25, 0.3) is 0 Å². The van der Waals surface area contributed by atoms with Crippen LogP contribution in [0.2, 0.25) is 0 Å². The topological polar surface area (TPSA) is 61.3 Å². The van der Waals surface area contributed by atoms with E-state index < -0.39 is 5.60 Å². The zero-order valence-electron chi connectivity index (χ0n) is 12.0.